The molecule has 1 amide bonds. The fourth-order valence-corrected chi connectivity index (χ4v) is 10.5. The molecule has 6 heteroatoms. The minimum absolute atomic E-state index is 0.0693. The number of benzene rings is 2. The van der Waals surface area contributed by atoms with Crippen molar-refractivity contribution in [3.05, 3.63) is 65.2 Å². The number of anilines is 1. The van der Waals surface area contributed by atoms with Gasteiger partial charge in [0, 0.05) is 24.2 Å². The molecule has 0 heterocycles. The maximum absolute atomic E-state index is 14.4. The van der Waals surface area contributed by atoms with Gasteiger partial charge in [0.15, 0.2) is 0 Å². The minimum atomic E-state index is -1.45. The summed E-state index contributed by atoms with van der Waals surface area (Å²) in [6.45, 7) is 18.9. The Morgan fingerprint density at radius 1 is 0.957 bits per heavy atom. The highest BCUT2D eigenvalue weighted by atomic mass is 28.3. The van der Waals surface area contributed by atoms with Crippen LogP contribution in [-0.2, 0) is 14.3 Å². The van der Waals surface area contributed by atoms with Crippen molar-refractivity contribution in [3.8, 4) is 5.75 Å². The van der Waals surface area contributed by atoms with E-state index in [4.69, 9.17) is 9.47 Å². The SMILES string of the molecule is COc1ccc(C2CCC(CN(C(=O)C3CCC([Si](C)(C)C(C)(C)C)CC3)c3cccc(/C=C/C(=O)OC(C)C)c3)CC2)cc1C. The molecule has 0 radical (unpaired) electrons. The summed E-state index contributed by atoms with van der Waals surface area (Å²) >= 11 is 0. The minimum Gasteiger partial charge on any atom is -0.496 e. The Morgan fingerprint density at radius 3 is 2.22 bits per heavy atom. The largest absolute Gasteiger partial charge is 0.496 e. The first-order valence-corrected chi connectivity index (χ1v) is 20.7. The van der Waals surface area contributed by atoms with E-state index in [0.29, 0.717) is 16.9 Å². The van der Waals surface area contributed by atoms with Crippen molar-refractivity contribution in [1.82, 2.24) is 0 Å². The molecule has 0 aromatic heterocycles. The zero-order valence-electron chi connectivity index (χ0n) is 30.0. The van der Waals surface area contributed by atoms with Gasteiger partial charge in [-0.25, -0.2) is 4.79 Å². The summed E-state index contributed by atoms with van der Waals surface area (Å²) in [6.07, 6.45) is 11.9. The Kier molecular flexibility index (Phi) is 12.0. The third kappa shape index (κ3) is 8.93. The summed E-state index contributed by atoms with van der Waals surface area (Å²) in [5.41, 5.74) is 5.19. The first-order chi connectivity index (χ1) is 21.7. The molecule has 0 N–H and O–H groups in total. The molecule has 0 saturated heterocycles. The summed E-state index contributed by atoms with van der Waals surface area (Å²) in [5, 5.41) is 0.361. The van der Waals surface area contributed by atoms with E-state index in [9.17, 15) is 9.59 Å². The number of hydrogen-bond donors (Lipinski definition) is 0. The number of carbonyl (C=O) groups excluding carboxylic acids is 2. The molecule has 0 unspecified atom stereocenters. The van der Waals surface area contributed by atoms with Crippen LogP contribution in [0, 0.1) is 18.8 Å². The summed E-state index contributed by atoms with van der Waals surface area (Å²) in [4.78, 5) is 28.7. The molecule has 0 atom stereocenters. The third-order valence-corrected chi connectivity index (χ3v) is 17.9. The van der Waals surface area contributed by atoms with Gasteiger partial charge in [-0.05, 0) is 123 Å². The van der Waals surface area contributed by atoms with Crippen molar-refractivity contribution in [1.29, 1.82) is 0 Å². The van der Waals surface area contributed by atoms with Crippen molar-refractivity contribution in [3.63, 3.8) is 0 Å². The number of hydrogen-bond acceptors (Lipinski definition) is 4. The van der Waals surface area contributed by atoms with Gasteiger partial charge in [0.05, 0.1) is 21.3 Å². The summed E-state index contributed by atoms with van der Waals surface area (Å²) in [6, 6.07) is 14.7. The monoisotopic (exact) mass is 645 g/mol. The van der Waals surface area contributed by atoms with Crippen LogP contribution in [-0.4, -0.2) is 39.7 Å². The molecule has 2 aromatic rings. The van der Waals surface area contributed by atoms with Gasteiger partial charge in [-0.1, -0.05) is 71.0 Å². The molecule has 2 aromatic carbocycles. The zero-order chi connectivity index (χ0) is 33.6. The Balaban J connectivity index is 1.50. The van der Waals surface area contributed by atoms with E-state index in [1.165, 1.54) is 17.2 Å². The summed E-state index contributed by atoms with van der Waals surface area (Å²) in [5.74, 6) is 1.95. The van der Waals surface area contributed by atoms with E-state index in [1.54, 1.807) is 13.2 Å². The van der Waals surface area contributed by atoms with E-state index in [0.717, 1.165) is 80.5 Å². The van der Waals surface area contributed by atoms with Gasteiger partial charge in [0.1, 0.15) is 5.75 Å². The molecule has 2 saturated carbocycles. The first-order valence-electron chi connectivity index (χ1n) is 17.6. The van der Waals surface area contributed by atoms with Crippen molar-refractivity contribution >= 4 is 31.7 Å². The van der Waals surface area contributed by atoms with E-state index in [1.807, 2.05) is 26.0 Å². The number of nitrogens with zero attached hydrogens (tertiary/aromatic N) is 1. The lowest BCUT2D eigenvalue weighted by Crippen LogP contribution is -2.46. The van der Waals surface area contributed by atoms with Crippen LogP contribution in [0.5, 0.6) is 5.75 Å². The number of esters is 1. The number of aryl methyl sites for hydroxylation is 1. The van der Waals surface area contributed by atoms with E-state index >= 15 is 0 Å². The lowest BCUT2D eigenvalue weighted by Gasteiger charge is -2.46. The van der Waals surface area contributed by atoms with Gasteiger partial charge in [-0.2, -0.15) is 0 Å². The Bertz CT molecular complexity index is 1360. The fraction of sp³-hybridized carbons (Fsp3) is 0.600. The van der Waals surface area contributed by atoms with E-state index in [-0.39, 0.29) is 23.9 Å². The Morgan fingerprint density at radius 2 is 1.63 bits per heavy atom. The van der Waals surface area contributed by atoms with Crippen molar-refractivity contribution in [2.45, 2.75) is 129 Å². The van der Waals surface area contributed by atoms with Gasteiger partial charge < -0.3 is 14.4 Å². The van der Waals surface area contributed by atoms with Crippen LogP contribution < -0.4 is 9.64 Å². The highest BCUT2D eigenvalue weighted by Crippen LogP contribution is 2.50. The van der Waals surface area contributed by atoms with Crippen LogP contribution in [0.15, 0.2) is 48.5 Å². The molecule has 0 spiro atoms. The second-order valence-electron chi connectivity index (χ2n) is 15.8. The Hall–Kier alpha value is -2.86. The van der Waals surface area contributed by atoms with Crippen molar-refractivity contribution in [2.24, 2.45) is 11.8 Å². The fourth-order valence-electron chi connectivity index (χ4n) is 7.54. The molecule has 252 valence electrons. The predicted octanol–water partition coefficient (Wildman–Crippen LogP) is 10.3. The number of rotatable bonds is 10. The molecule has 2 aliphatic carbocycles. The number of ether oxygens (including phenoxy) is 2. The summed E-state index contributed by atoms with van der Waals surface area (Å²) in [7, 11) is 0.277. The lowest BCUT2D eigenvalue weighted by molar-refractivity contribution is -0.141. The maximum atomic E-state index is 14.4. The molecule has 2 fully saturated rings. The van der Waals surface area contributed by atoms with Gasteiger partial charge in [-0.15, -0.1) is 0 Å². The van der Waals surface area contributed by atoms with Crippen LogP contribution in [0.4, 0.5) is 5.69 Å². The molecule has 2 aliphatic rings. The predicted molar refractivity (Wildman–Crippen MR) is 194 cm³/mol. The smallest absolute Gasteiger partial charge is 0.331 e. The molecule has 5 nitrogen and oxygen atoms in total. The van der Waals surface area contributed by atoms with Gasteiger partial charge >= 0.3 is 5.97 Å². The van der Waals surface area contributed by atoms with Crippen LogP contribution >= 0.6 is 0 Å². The van der Waals surface area contributed by atoms with Crippen molar-refractivity contribution in [2.75, 3.05) is 18.6 Å². The molecule has 4 rings (SSSR count). The standard InChI is InChI=1S/C40H59NO4Si/c1-28(2)45-38(42)24-15-30-11-10-12-35(26-30)41(39(43)33-18-21-36(22-19-33)46(8,9)40(4,5)6)27-31-13-16-32(17-14-31)34-20-23-37(44-7)29(3)25-34/h10-12,15,20,23-26,28,31-33,36H,13-14,16-19,21-22,27H2,1-9H3/b24-15+. The van der Waals surface area contributed by atoms with Gasteiger partial charge in [-0.3, -0.25) is 4.79 Å². The van der Waals surface area contributed by atoms with E-state index < -0.39 is 8.07 Å². The Labute approximate surface area is 280 Å². The molecule has 0 aliphatic heterocycles. The normalized spacial score (nSPS) is 22.6. The lowest BCUT2D eigenvalue weighted by atomic mass is 9.78. The number of carbonyl (C=O) groups is 2. The third-order valence-electron chi connectivity index (χ3n) is 11.4. The molecular weight excluding hydrogens is 587 g/mol. The summed E-state index contributed by atoms with van der Waals surface area (Å²) < 4.78 is 10.8. The van der Waals surface area contributed by atoms with E-state index in [2.05, 4.69) is 76.0 Å². The van der Waals surface area contributed by atoms with Gasteiger partial charge in [0.2, 0.25) is 5.91 Å². The second-order valence-corrected chi connectivity index (χ2v) is 21.6. The average molecular weight is 646 g/mol. The zero-order valence-corrected chi connectivity index (χ0v) is 31.0. The van der Waals surface area contributed by atoms with Crippen LogP contribution in [0.1, 0.15) is 109 Å². The maximum Gasteiger partial charge on any atom is 0.331 e. The number of amides is 1. The van der Waals surface area contributed by atoms with Crippen LogP contribution in [0.3, 0.4) is 0 Å². The van der Waals surface area contributed by atoms with Crippen LogP contribution in [0.25, 0.3) is 6.08 Å². The first kappa shape index (κ1) is 36.0. The highest BCUT2D eigenvalue weighted by molar-refractivity contribution is 6.81. The molecular formula is C40H59NO4Si. The molecule has 46 heavy (non-hydrogen) atoms. The number of methoxy groups -OCH3 is 1. The van der Waals surface area contributed by atoms with Crippen LogP contribution in [0.2, 0.25) is 23.7 Å². The highest BCUT2D eigenvalue weighted by Gasteiger charge is 2.44. The quantitative estimate of drug-likeness (QED) is 0.147. The topological polar surface area (TPSA) is 55.8 Å². The second kappa shape index (κ2) is 15.4. The average Bonchev–Trinajstić information content (AvgIpc) is 3.02. The molecule has 0 bridgehead atoms. The van der Waals surface area contributed by atoms with Crippen molar-refractivity contribution < 1.29 is 19.1 Å². The van der Waals surface area contributed by atoms with Gasteiger partial charge in [0.25, 0.3) is 0 Å².